The summed E-state index contributed by atoms with van der Waals surface area (Å²) in [5.41, 5.74) is 1.32. The Morgan fingerprint density at radius 2 is 1.83 bits per heavy atom. The largest absolute Gasteiger partial charge is 0.495 e. The number of anilines is 1. The first-order valence-corrected chi connectivity index (χ1v) is 6.56. The minimum absolute atomic E-state index is 0.399. The summed E-state index contributed by atoms with van der Waals surface area (Å²) < 4.78 is 10.6. The van der Waals surface area contributed by atoms with Crippen LogP contribution in [0.2, 0.25) is 5.02 Å². The van der Waals surface area contributed by atoms with Crippen molar-refractivity contribution in [3.8, 4) is 11.5 Å². The molecule has 1 unspecified atom stereocenters. The Hall–Kier alpha value is -1.09. The van der Waals surface area contributed by atoms with Gasteiger partial charge in [-0.15, -0.1) is 0 Å². The van der Waals surface area contributed by atoms with Gasteiger partial charge >= 0.3 is 0 Å². The first-order valence-electron chi connectivity index (χ1n) is 6.18. The second-order valence-electron chi connectivity index (χ2n) is 5.21. The van der Waals surface area contributed by atoms with Crippen LogP contribution in [-0.2, 0) is 0 Å². The van der Waals surface area contributed by atoms with Gasteiger partial charge in [-0.3, -0.25) is 0 Å². The standard InChI is InChI=1S/C14H20ClNO2/c1-9(14(2)5-6-14)16-11-7-10(15)12(17-3)8-13(11)18-4/h7-9,16H,5-6H2,1-4H3. The molecule has 18 heavy (non-hydrogen) atoms. The number of hydrogen-bond donors (Lipinski definition) is 1. The maximum atomic E-state index is 6.15. The summed E-state index contributed by atoms with van der Waals surface area (Å²) in [6.07, 6.45) is 2.54. The van der Waals surface area contributed by atoms with Gasteiger partial charge < -0.3 is 14.8 Å². The van der Waals surface area contributed by atoms with Gasteiger partial charge in [0.1, 0.15) is 11.5 Å². The van der Waals surface area contributed by atoms with Crippen LogP contribution in [0.5, 0.6) is 11.5 Å². The molecule has 1 aliphatic carbocycles. The maximum Gasteiger partial charge on any atom is 0.145 e. The first-order chi connectivity index (χ1) is 8.50. The van der Waals surface area contributed by atoms with Gasteiger partial charge in [0.25, 0.3) is 0 Å². The number of hydrogen-bond acceptors (Lipinski definition) is 3. The predicted octanol–water partition coefficient (Wildman–Crippen LogP) is 3.96. The number of halogens is 1. The molecule has 1 aliphatic rings. The third kappa shape index (κ3) is 2.51. The number of methoxy groups -OCH3 is 2. The molecule has 1 saturated carbocycles. The van der Waals surface area contributed by atoms with E-state index in [1.54, 1.807) is 14.2 Å². The third-order valence-electron chi connectivity index (χ3n) is 3.93. The Morgan fingerprint density at radius 3 is 2.33 bits per heavy atom. The lowest BCUT2D eigenvalue weighted by Gasteiger charge is -2.23. The van der Waals surface area contributed by atoms with E-state index in [4.69, 9.17) is 21.1 Å². The topological polar surface area (TPSA) is 30.5 Å². The molecular formula is C14H20ClNO2. The van der Waals surface area contributed by atoms with E-state index in [9.17, 15) is 0 Å². The summed E-state index contributed by atoms with van der Waals surface area (Å²) in [6.45, 7) is 4.49. The smallest absolute Gasteiger partial charge is 0.145 e. The highest BCUT2D eigenvalue weighted by atomic mass is 35.5. The number of ether oxygens (including phenoxy) is 2. The molecule has 3 nitrogen and oxygen atoms in total. The fourth-order valence-electron chi connectivity index (χ4n) is 2.01. The molecule has 0 aromatic heterocycles. The minimum atomic E-state index is 0.399. The van der Waals surface area contributed by atoms with E-state index in [2.05, 4.69) is 19.2 Å². The van der Waals surface area contributed by atoms with Crippen LogP contribution in [-0.4, -0.2) is 20.3 Å². The van der Waals surface area contributed by atoms with Crippen molar-refractivity contribution in [1.29, 1.82) is 0 Å². The molecule has 1 aromatic rings. The van der Waals surface area contributed by atoms with Crippen LogP contribution in [0.1, 0.15) is 26.7 Å². The molecule has 0 radical (unpaired) electrons. The average Bonchev–Trinajstić information content (AvgIpc) is 3.09. The molecule has 1 atom stereocenters. The molecule has 1 N–H and O–H groups in total. The van der Waals surface area contributed by atoms with Crippen LogP contribution >= 0.6 is 11.6 Å². The molecular weight excluding hydrogens is 250 g/mol. The van der Waals surface area contributed by atoms with Crippen molar-refractivity contribution in [3.63, 3.8) is 0 Å². The highest BCUT2D eigenvalue weighted by molar-refractivity contribution is 6.32. The van der Waals surface area contributed by atoms with Crippen molar-refractivity contribution in [2.24, 2.45) is 5.41 Å². The quantitative estimate of drug-likeness (QED) is 0.878. The van der Waals surface area contributed by atoms with Crippen molar-refractivity contribution in [3.05, 3.63) is 17.2 Å². The molecule has 0 heterocycles. The Morgan fingerprint density at radius 1 is 1.22 bits per heavy atom. The van der Waals surface area contributed by atoms with Crippen molar-refractivity contribution in [2.45, 2.75) is 32.7 Å². The molecule has 0 saturated heterocycles. The van der Waals surface area contributed by atoms with Gasteiger partial charge in [0.2, 0.25) is 0 Å². The number of nitrogens with one attached hydrogen (secondary N) is 1. The lowest BCUT2D eigenvalue weighted by atomic mass is 10.0. The summed E-state index contributed by atoms with van der Waals surface area (Å²) in [6, 6.07) is 4.07. The second-order valence-corrected chi connectivity index (χ2v) is 5.61. The van der Waals surface area contributed by atoms with E-state index < -0.39 is 0 Å². The highest BCUT2D eigenvalue weighted by Crippen LogP contribution is 2.49. The van der Waals surface area contributed by atoms with E-state index >= 15 is 0 Å². The molecule has 0 amide bonds. The van der Waals surface area contributed by atoms with E-state index in [-0.39, 0.29) is 0 Å². The summed E-state index contributed by atoms with van der Waals surface area (Å²) in [4.78, 5) is 0. The van der Waals surface area contributed by atoms with Gasteiger partial charge in [-0.2, -0.15) is 0 Å². The molecule has 4 heteroatoms. The molecule has 0 bridgehead atoms. The normalized spacial score (nSPS) is 18.1. The number of rotatable bonds is 5. The SMILES string of the molecule is COc1cc(OC)c(NC(C)C2(C)CC2)cc1Cl. The second kappa shape index (κ2) is 4.88. The maximum absolute atomic E-state index is 6.15. The van der Waals surface area contributed by atoms with E-state index in [0.29, 0.717) is 22.2 Å². The van der Waals surface area contributed by atoms with E-state index in [1.807, 2.05) is 12.1 Å². The summed E-state index contributed by atoms with van der Waals surface area (Å²) in [5, 5.41) is 4.08. The fourth-order valence-corrected chi connectivity index (χ4v) is 2.25. The average molecular weight is 270 g/mol. The zero-order valence-electron chi connectivity index (χ0n) is 11.3. The summed E-state index contributed by atoms with van der Waals surface area (Å²) in [7, 11) is 3.25. The van der Waals surface area contributed by atoms with Gasteiger partial charge in [-0.1, -0.05) is 18.5 Å². The Kier molecular flexibility index (Phi) is 3.62. The van der Waals surface area contributed by atoms with Crippen LogP contribution in [0, 0.1) is 5.41 Å². The van der Waals surface area contributed by atoms with Crippen LogP contribution in [0.25, 0.3) is 0 Å². The molecule has 1 aromatic carbocycles. The van der Waals surface area contributed by atoms with Gasteiger partial charge in [-0.05, 0) is 31.2 Å². The van der Waals surface area contributed by atoms with Crippen LogP contribution in [0.15, 0.2) is 12.1 Å². The zero-order valence-corrected chi connectivity index (χ0v) is 12.1. The van der Waals surface area contributed by atoms with E-state index in [1.165, 1.54) is 12.8 Å². The van der Waals surface area contributed by atoms with Crippen molar-refractivity contribution >= 4 is 17.3 Å². The molecule has 0 aliphatic heterocycles. The number of benzene rings is 1. The zero-order chi connectivity index (χ0) is 13.3. The van der Waals surface area contributed by atoms with Crippen molar-refractivity contribution < 1.29 is 9.47 Å². The summed E-state index contributed by atoms with van der Waals surface area (Å²) >= 11 is 6.15. The Bertz CT molecular complexity index is 444. The highest BCUT2D eigenvalue weighted by Gasteiger charge is 2.42. The minimum Gasteiger partial charge on any atom is -0.495 e. The van der Waals surface area contributed by atoms with Gasteiger partial charge in [-0.25, -0.2) is 0 Å². The van der Waals surface area contributed by atoms with Gasteiger partial charge in [0.15, 0.2) is 0 Å². The van der Waals surface area contributed by atoms with E-state index in [0.717, 1.165) is 11.4 Å². The van der Waals surface area contributed by atoms with Crippen molar-refractivity contribution in [1.82, 2.24) is 0 Å². The fraction of sp³-hybridized carbons (Fsp3) is 0.571. The van der Waals surface area contributed by atoms with Crippen LogP contribution in [0.3, 0.4) is 0 Å². The monoisotopic (exact) mass is 269 g/mol. The first kappa shape index (κ1) is 13.3. The molecule has 2 rings (SSSR count). The molecule has 0 spiro atoms. The van der Waals surface area contributed by atoms with Crippen molar-refractivity contribution in [2.75, 3.05) is 19.5 Å². The van der Waals surface area contributed by atoms with Crippen LogP contribution in [0.4, 0.5) is 5.69 Å². The molecule has 100 valence electrons. The third-order valence-corrected chi connectivity index (χ3v) is 4.23. The Balaban J connectivity index is 2.23. The predicted molar refractivity (Wildman–Crippen MR) is 75.0 cm³/mol. The van der Waals surface area contributed by atoms with Gasteiger partial charge in [0, 0.05) is 12.1 Å². The lowest BCUT2D eigenvalue weighted by molar-refractivity contribution is 0.394. The van der Waals surface area contributed by atoms with Gasteiger partial charge in [0.05, 0.1) is 24.9 Å². The summed E-state index contributed by atoms with van der Waals surface area (Å²) in [5.74, 6) is 1.39. The Labute approximate surface area is 113 Å². The molecule has 1 fully saturated rings. The van der Waals surface area contributed by atoms with Crippen LogP contribution < -0.4 is 14.8 Å². The lowest BCUT2D eigenvalue weighted by Crippen LogP contribution is -2.25.